The first-order chi connectivity index (χ1) is 12.1. The first-order valence-electron chi connectivity index (χ1n) is 7.90. The molecule has 0 bridgehead atoms. The predicted octanol–water partition coefficient (Wildman–Crippen LogP) is 2.56. The number of anilines is 2. The van der Waals surface area contributed by atoms with Gasteiger partial charge in [0, 0.05) is 34.3 Å². The second kappa shape index (κ2) is 7.76. The molecule has 1 N–H and O–H groups in total. The summed E-state index contributed by atoms with van der Waals surface area (Å²) >= 11 is 0. The Labute approximate surface area is 154 Å². The van der Waals surface area contributed by atoms with E-state index in [0.717, 1.165) is 10.1 Å². The number of hydrogen-bond donors (Lipinski definition) is 1. The van der Waals surface area contributed by atoms with Gasteiger partial charge < -0.3 is 14.6 Å². The largest absolute Gasteiger partial charge is 0.462 e. The van der Waals surface area contributed by atoms with Crippen molar-refractivity contribution in [3.8, 4) is 0 Å². The van der Waals surface area contributed by atoms with E-state index in [4.69, 9.17) is 4.42 Å². The summed E-state index contributed by atoms with van der Waals surface area (Å²) in [6.45, 7) is 1.82. The number of carbonyl (C=O) groups is 1. The van der Waals surface area contributed by atoms with Gasteiger partial charge in [-0.3, -0.25) is 4.79 Å². The van der Waals surface area contributed by atoms with Gasteiger partial charge in [0.2, 0.25) is 15.9 Å². The lowest BCUT2D eigenvalue weighted by atomic mass is 10.2. The van der Waals surface area contributed by atoms with Crippen molar-refractivity contribution < 1.29 is 17.6 Å². The molecular weight excluding hydrogens is 354 g/mol. The number of aryl methyl sites for hydroxylation is 1. The first-order valence-corrected chi connectivity index (χ1v) is 9.34. The average molecular weight is 377 g/mol. The van der Waals surface area contributed by atoms with Crippen LogP contribution in [0.2, 0.25) is 0 Å². The van der Waals surface area contributed by atoms with Crippen LogP contribution in [0.15, 0.2) is 45.7 Å². The second-order valence-corrected chi connectivity index (χ2v) is 8.28. The van der Waals surface area contributed by atoms with E-state index in [1.54, 1.807) is 29.2 Å². The summed E-state index contributed by atoms with van der Waals surface area (Å²) in [6, 6.07) is 8.19. The third-order valence-electron chi connectivity index (χ3n) is 3.65. The Morgan fingerprint density at radius 2 is 1.81 bits per heavy atom. The second-order valence-electron chi connectivity index (χ2n) is 6.13. The van der Waals surface area contributed by atoms with Crippen LogP contribution >= 0.6 is 0 Å². The minimum absolute atomic E-state index is 0.106. The summed E-state index contributed by atoms with van der Waals surface area (Å²) in [7, 11) is 2.94. The maximum atomic E-state index is 12.3. The van der Waals surface area contributed by atoms with Gasteiger partial charge in [0.1, 0.15) is 11.5 Å². The monoisotopic (exact) mass is 377 g/mol. The third-order valence-corrected chi connectivity index (χ3v) is 5.46. The molecule has 0 spiro atoms. The lowest BCUT2D eigenvalue weighted by molar-refractivity contribution is -0.111. The molecule has 0 atom stereocenters. The minimum atomic E-state index is -3.60. The van der Waals surface area contributed by atoms with E-state index in [9.17, 15) is 13.2 Å². The van der Waals surface area contributed by atoms with E-state index in [0.29, 0.717) is 17.1 Å². The van der Waals surface area contributed by atoms with Gasteiger partial charge in [-0.15, -0.1) is 0 Å². The number of benzene rings is 1. The zero-order valence-corrected chi connectivity index (χ0v) is 16.3. The molecular formula is C18H23N3O4S. The average Bonchev–Trinajstić information content (AvgIpc) is 2.98. The zero-order valence-electron chi connectivity index (χ0n) is 15.5. The fourth-order valence-corrected chi connectivity index (χ4v) is 3.18. The molecule has 1 aromatic carbocycles. The standard InChI is InChI=1S/C18H23N3O4S/c1-13-6-7-14(25-13)8-11-18(22)19-16-12-15(26(23,24)21(4)5)9-10-17(16)20(2)3/h6-12H,1-5H3,(H,19,22)/b11-8+. The molecule has 0 aliphatic rings. The van der Waals surface area contributed by atoms with Crippen molar-refractivity contribution in [2.45, 2.75) is 11.8 Å². The number of amides is 1. The van der Waals surface area contributed by atoms with E-state index >= 15 is 0 Å². The van der Waals surface area contributed by atoms with Crippen LogP contribution in [0.3, 0.4) is 0 Å². The highest BCUT2D eigenvalue weighted by molar-refractivity contribution is 7.89. The summed E-state index contributed by atoms with van der Waals surface area (Å²) in [6.07, 6.45) is 2.89. The third kappa shape index (κ3) is 4.53. The fourth-order valence-electron chi connectivity index (χ4n) is 2.25. The molecule has 8 heteroatoms. The van der Waals surface area contributed by atoms with Crippen molar-refractivity contribution in [1.82, 2.24) is 4.31 Å². The molecule has 1 amide bonds. The summed E-state index contributed by atoms with van der Waals surface area (Å²) < 4.78 is 31.2. The number of furan rings is 1. The van der Waals surface area contributed by atoms with Crippen molar-refractivity contribution in [1.29, 1.82) is 0 Å². The van der Waals surface area contributed by atoms with E-state index in [1.807, 2.05) is 21.0 Å². The highest BCUT2D eigenvalue weighted by Crippen LogP contribution is 2.28. The molecule has 7 nitrogen and oxygen atoms in total. The molecule has 1 aromatic heterocycles. The number of rotatable bonds is 6. The molecule has 0 radical (unpaired) electrons. The van der Waals surface area contributed by atoms with Gasteiger partial charge in [-0.05, 0) is 43.3 Å². The number of sulfonamides is 1. The normalized spacial score (nSPS) is 11.9. The fraction of sp³-hybridized carbons (Fsp3) is 0.278. The van der Waals surface area contributed by atoms with Crippen LogP contribution in [-0.2, 0) is 14.8 Å². The van der Waals surface area contributed by atoms with Crippen molar-refractivity contribution >= 4 is 33.4 Å². The van der Waals surface area contributed by atoms with Gasteiger partial charge in [-0.1, -0.05) is 0 Å². The molecule has 1 heterocycles. The number of nitrogens with one attached hydrogen (secondary N) is 1. The number of nitrogens with zero attached hydrogens (tertiary/aromatic N) is 2. The van der Waals surface area contributed by atoms with Crippen LogP contribution in [0.25, 0.3) is 6.08 Å². The van der Waals surface area contributed by atoms with Gasteiger partial charge in [0.05, 0.1) is 16.3 Å². The van der Waals surface area contributed by atoms with E-state index in [-0.39, 0.29) is 10.8 Å². The maximum absolute atomic E-state index is 12.3. The Kier molecular flexibility index (Phi) is 5.89. The molecule has 0 fully saturated rings. The van der Waals surface area contributed by atoms with Gasteiger partial charge in [0.25, 0.3) is 0 Å². The number of hydrogen-bond acceptors (Lipinski definition) is 5. The number of carbonyl (C=O) groups excluding carboxylic acids is 1. The van der Waals surface area contributed by atoms with Crippen LogP contribution in [0.4, 0.5) is 11.4 Å². The molecule has 0 saturated heterocycles. The lowest BCUT2D eigenvalue weighted by Gasteiger charge is -2.19. The zero-order chi connectivity index (χ0) is 19.5. The van der Waals surface area contributed by atoms with Crippen LogP contribution < -0.4 is 10.2 Å². The lowest BCUT2D eigenvalue weighted by Crippen LogP contribution is -2.23. The summed E-state index contributed by atoms with van der Waals surface area (Å²) in [5.74, 6) is 0.928. The van der Waals surface area contributed by atoms with Gasteiger partial charge in [-0.25, -0.2) is 12.7 Å². The quantitative estimate of drug-likeness (QED) is 0.783. The van der Waals surface area contributed by atoms with Gasteiger partial charge in [-0.2, -0.15) is 0 Å². The van der Waals surface area contributed by atoms with Crippen molar-refractivity contribution in [2.24, 2.45) is 0 Å². The van der Waals surface area contributed by atoms with Crippen molar-refractivity contribution in [3.63, 3.8) is 0 Å². The van der Waals surface area contributed by atoms with Crippen molar-refractivity contribution in [2.75, 3.05) is 38.4 Å². The van der Waals surface area contributed by atoms with E-state index in [2.05, 4.69) is 5.32 Å². The Hall–Kier alpha value is -2.58. The van der Waals surface area contributed by atoms with Gasteiger partial charge in [0.15, 0.2) is 0 Å². The summed E-state index contributed by atoms with van der Waals surface area (Å²) in [4.78, 5) is 14.1. The predicted molar refractivity (Wildman–Crippen MR) is 103 cm³/mol. The van der Waals surface area contributed by atoms with Gasteiger partial charge >= 0.3 is 0 Å². The highest BCUT2D eigenvalue weighted by atomic mass is 32.2. The van der Waals surface area contributed by atoms with E-state index in [1.165, 1.54) is 32.3 Å². The van der Waals surface area contributed by atoms with Crippen LogP contribution in [0.5, 0.6) is 0 Å². The first kappa shape index (κ1) is 19.7. The molecule has 0 aliphatic carbocycles. The Bertz CT molecular complexity index is 928. The Morgan fingerprint density at radius 1 is 1.12 bits per heavy atom. The molecule has 140 valence electrons. The topological polar surface area (TPSA) is 82.9 Å². The van der Waals surface area contributed by atoms with Crippen LogP contribution in [-0.4, -0.2) is 46.8 Å². The summed E-state index contributed by atoms with van der Waals surface area (Å²) in [5, 5.41) is 2.73. The smallest absolute Gasteiger partial charge is 0.248 e. The summed E-state index contributed by atoms with van der Waals surface area (Å²) in [5.41, 5.74) is 1.10. The molecule has 0 unspecified atom stereocenters. The Morgan fingerprint density at radius 3 is 2.35 bits per heavy atom. The van der Waals surface area contributed by atoms with Crippen LogP contribution in [0.1, 0.15) is 11.5 Å². The SMILES string of the molecule is Cc1ccc(/C=C/C(=O)Nc2cc(S(=O)(=O)N(C)C)ccc2N(C)C)o1. The molecule has 2 rings (SSSR count). The maximum Gasteiger partial charge on any atom is 0.248 e. The highest BCUT2D eigenvalue weighted by Gasteiger charge is 2.19. The molecule has 0 saturated carbocycles. The minimum Gasteiger partial charge on any atom is -0.462 e. The van der Waals surface area contributed by atoms with Crippen LogP contribution in [0, 0.1) is 6.92 Å². The Balaban J connectivity index is 2.31. The molecule has 2 aromatic rings. The molecule has 26 heavy (non-hydrogen) atoms. The molecule has 0 aliphatic heterocycles. The van der Waals surface area contributed by atoms with Crippen molar-refractivity contribution in [3.05, 3.63) is 47.9 Å². The van der Waals surface area contributed by atoms with E-state index < -0.39 is 10.0 Å².